The Labute approximate surface area is 283 Å². The maximum Gasteiger partial charge on any atom is 0.309 e. The van der Waals surface area contributed by atoms with Gasteiger partial charge in [0, 0.05) is 20.0 Å². The van der Waals surface area contributed by atoms with E-state index in [1.54, 1.807) is 37.4 Å². The van der Waals surface area contributed by atoms with Crippen LogP contribution in [-0.4, -0.2) is 66.4 Å². The lowest BCUT2D eigenvalue weighted by atomic mass is 9.68. The van der Waals surface area contributed by atoms with E-state index < -0.39 is 17.0 Å². The van der Waals surface area contributed by atoms with Gasteiger partial charge in [0.2, 0.25) is 0 Å². The third-order valence-electron chi connectivity index (χ3n) is 9.88. The first kappa shape index (κ1) is 36.6. The molecule has 0 aromatic heterocycles. The summed E-state index contributed by atoms with van der Waals surface area (Å²) in [5.74, 6) is 0.350. The number of carboxylic acids is 1. The number of carbonyl (C=O) groups excluding carboxylic acids is 1. The maximum absolute atomic E-state index is 12.6. The van der Waals surface area contributed by atoms with Crippen molar-refractivity contribution in [1.82, 2.24) is 5.32 Å². The molecule has 0 aliphatic heterocycles. The summed E-state index contributed by atoms with van der Waals surface area (Å²) in [6, 6.07) is 8.70. The number of ketones is 1. The molecule has 2 aliphatic rings. The number of methoxy groups -OCH3 is 1. The quantitative estimate of drug-likeness (QED) is 0.0564. The molecule has 2 aliphatic carbocycles. The summed E-state index contributed by atoms with van der Waals surface area (Å²) in [5.41, 5.74) is 6.84. The molecular weight excluding hydrogens is 612 g/mol. The van der Waals surface area contributed by atoms with Gasteiger partial charge in [-0.3, -0.25) is 14.6 Å². The minimum absolute atomic E-state index is 0.00578. The Bertz CT molecular complexity index is 1480. The van der Waals surface area contributed by atoms with Crippen molar-refractivity contribution in [1.29, 1.82) is 0 Å². The number of phenols is 2. The van der Waals surface area contributed by atoms with E-state index in [0.717, 1.165) is 56.1 Å². The monoisotopic (exact) mass is 664 g/mol. The molecular formula is C37H52N4O7. The first-order chi connectivity index (χ1) is 23.0. The zero-order valence-electron chi connectivity index (χ0n) is 28.5. The lowest BCUT2D eigenvalue weighted by Gasteiger charge is -2.36. The first-order valence-electron chi connectivity index (χ1n) is 17.0. The molecule has 7 N–H and O–H groups in total. The molecule has 48 heavy (non-hydrogen) atoms. The number of nitrogens with zero attached hydrogens (tertiary/aromatic N) is 1. The Balaban J connectivity index is 1.45. The fraction of sp³-hybridized carbons (Fsp3) is 0.541. The number of aliphatic imine (C=N–C) groups is 1. The molecule has 2 saturated carbocycles. The molecule has 0 spiro atoms. The van der Waals surface area contributed by atoms with Crippen molar-refractivity contribution in [3.8, 4) is 23.0 Å². The van der Waals surface area contributed by atoms with Crippen molar-refractivity contribution >= 4 is 23.4 Å². The lowest BCUT2D eigenvalue weighted by Crippen LogP contribution is -2.43. The van der Waals surface area contributed by atoms with Crippen molar-refractivity contribution in [2.24, 2.45) is 22.1 Å². The van der Waals surface area contributed by atoms with Crippen LogP contribution in [0.1, 0.15) is 81.8 Å². The smallest absolute Gasteiger partial charge is 0.309 e. The molecule has 2 aromatic carbocycles. The highest BCUT2D eigenvalue weighted by atomic mass is 16.5. The third kappa shape index (κ3) is 9.43. The number of carbonyl (C=O) groups is 2. The summed E-state index contributed by atoms with van der Waals surface area (Å²) in [6.45, 7) is 0.552. The van der Waals surface area contributed by atoms with E-state index in [1.807, 2.05) is 19.2 Å². The summed E-state index contributed by atoms with van der Waals surface area (Å²) in [6.07, 6.45) is 12.8. The number of guanidine groups is 1. The predicted molar refractivity (Wildman–Crippen MR) is 187 cm³/mol. The zero-order valence-corrected chi connectivity index (χ0v) is 28.5. The van der Waals surface area contributed by atoms with Crippen LogP contribution in [0.3, 0.4) is 0 Å². The molecule has 2 aromatic rings. The Morgan fingerprint density at radius 1 is 1.06 bits per heavy atom. The molecule has 0 bridgehead atoms. The largest absolute Gasteiger partial charge is 0.504 e. The topological polar surface area (TPSA) is 176 Å². The van der Waals surface area contributed by atoms with Crippen LogP contribution < -0.4 is 25.8 Å². The van der Waals surface area contributed by atoms with Gasteiger partial charge in [-0.25, -0.2) is 0 Å². The van der Waals surface area contributed by atoms with Gasteiger partial charge in [-0.15, -0.1) is 0 Å². The maximum atomic E-state index is 12.6. The van der Waals surface area contributed by atoms with Gasteiger partial charge in [0.1, 0.15) is 5.60 Å². The normalized spacial score (nSPS) is 20.9. The molecule has 11 heteroatoms. The minimum atomic E-state index is -0.681. The van der Waals surface area contributed by atoms with E-state index in [1.165, 1.54) is 7.11 Å². The van der Waals surface area contributed by atoms with Crippen LogP contribution in [0.2, 0.25) is 0 Å². The van der Waals surface area contributed by atoms with Crippen molar-refractivity contribution in [2.75, 3.05) is 33.1 Å². The fourth-order valence-corrected chi connectivity index (χ4v) is 7.37. The van der Waals surface area contributed by atoms with Gasteiger partial charge in [-0.1, -0.05) is 31.4 Å². The van der Waals surface area contributed by atoms with E-state index in [-0.39, 0.29) is 29.2 Å². The molecule has 0 saturated heterocycles. The second kappa shape index (κ2) is 16.7. The van der Waals surface area contributed by atoms with Crippen LogP contribution >= 0.6 is 0 Å². The number of nitrogens with one attached hydrogen (secondary N) is 2. The van der Waals surface area contributed by atoms with Gasteiger partial charge in [0.25, 0.3) is 0 Å². The van der Waals surface area contributed by atoms with Gasteiger partial charge in [-0.05, 0) is 112 Å². The number of hydrogen-bond acceptors (Lipinski definition) is 8. The van der Waals surface area contributed by atoms with Gasteiger partial charge >= 0.3 is 5.97 Å². The molecule has 0 radical (unpaired) electrons. The van der Waals surface area contributed by atoms with Gasteiger partial charge in [-0.2, -0.15) is 0 Å². The van der Waals surface area contributed by atoms with Crippen LogP contribution in [0.5, 0.6) is 23.0 Å². The Morgan fingerprint density at radius 2 is 1.81 bits per heavy atom. The van der Waals surface area contributed by atoms with Crippen molar-refractivity contribution in [3.63, 3.8) is 0 Å². The van der Waals surface area contributed by atoms with E-state index in [9.17, 15) is 24.9 Å². The van der Waals surface area contributed by atoms with Crippen LogP contribution in [0.15, 0.2) is 47.5 Å². The average molecular weight is 665 g/mol. The second-order valence-corrected chi connectivity index (χ2v) is 13.4. The van der Waals surface area contributed by atoms with E-state index in [2.05, 4.69) is 15.6 Å². The summed E-state index contributed by atoms with van der Waals surface area (Å²) >= 11 is 0. The Morgan fingerprint density at radius 3 is 2.50 bits per heavy atom. The number of ether oxygens (including phenoxy) is 2. The number of aromatic hydroxyl groups is 2. The highest BCUT2D eigenvalue weighted by molar-refractivity contribution is 5.94. The van der Waals surface area contributed by atoms with Crippen molar-refractivity contribution < 1.29 is 34.4 Å². The number of likely N-dealkylation sites (N-methyl/N-ethyl adjacent to an activating group) is 1. The van der Waals surface area contributed by atoms with E-state index in [4.69, 9.17) is 15.2 Å². The van der Waals surface area contributed by atoms with Crippen LogP contribution in [-0.2, 0) is 22.4 Å². The molecule has 11 nitrogen and oxygen atoms in total. The van der Waals surface area contributed by atoms with Gasteiger partial charge < -0.3 is 41.2 Å². The molecule has 4 rings (SSSR count). The standard InChI is InChI=1S/C37H52N4O7/c1-39-24-37(18-15-27(23-37)22-36(34(45)46)16-7-4-8-17-36)48-32-21-26(19-29(33(32)44)41-35(38)40-2)9-5-6-10-28(42)13-11-25-12-14-30(43)31(20-25)47-3/h6,10,12,14,19-21,27,39,43-44H,4-5,7-9,11,13,15-18,22-24H2,1-3H3,(H,45,46)(H3,38,40,41). The number of allylic oxidation sites excluding steroid dienone is 2. The molecule has 2 unspecified atom stereocenters. The number of anilines is 1. The van der Waals surface area contributed by atoms with Crippen molar-refractivity contribution in [2.45, 2.75) is 89.1 Å². The second-order valence-electron chi connectivity index (χ2n) is 13.4. The van der Waals surface area contributed by atoms with Crippen LogP contribution in [0.4, 0.5) is 5.69 Å². The SMILES string of the molecule is CN=C(N)Nc1cc(CCC=CC(=O)CCc2ccc(O)c(OC)c2)cc(OC2(CNC)CCC(CC3(C(=O)O)CCCCC3)C2)c1O. The number of phenolic OH excluding ortho intramolecular Hbond substituents is 2. The molecule has 2 atom stereocenters. The lowest BCUT2D eigenvalue weighted by molar-refractivity contribution is -0.152. The average Bonchev–Trinajstić information content (AvgIpc) is 3.46. The summed E-state index contributed by atoms with van der Waals surface area (Å²) in [7, 11) is 4.91. The summed E-state index contributed by atoms with van der Waals surface area (Å²) in [4.78, 5) is 28.9. The van der Waals surface area contributed by atoms with E-state index >= 15 is 0 Å². The summed E-state index contributed by atoms with van der Waals surface area (Å²) < 4.78 is 11.9. The number of aliphatic carboxylic acids is 1. The number of nitrogens with two attached hydrogens (primary N) is 1. The Hall–Kier alpha value is -4.25. The minimum Gasteiger partial charge on any atom is -0.504 e. The number of carboxylic acid groups (broad SMARTS) is 1. The Kier molecular flexibility index (Phi) is 12.7. The molecule has 2 fully saturated rings. The van der Waals surface area contributed by atoms with Crippen molar-refractivity contribution in [3.05, 3.63) is 53.6 Å². The number of hydrogen-bond donors (Lipinski definition) is 6. The first-order valence-corrected chi connectivity index (χ1v) is 17.0. The number of aryl methyl sites for hydroxylation is 2. The van der Waals surface area contributed by atoms with Gasteiger partial charge in [0.15, 0.2) is 34.7 Å². The zero-order chi connectivity index (χ0) is 34.7. The molecule has 0 heterocycles. The highest BCUT2D eigenvalue weighted by Gasteiger charge is 2.47. The summed E-state index contributed by atoms with van der Waals surface area (Å²) in [5, 5.41) is 37.5. The van der Waals surface area contributed by atoms with Crippen LogP contribution in [0.25, 0.3) is 0 Å². The number of benzene rings is 2. The van der Waals surface area contributed by atoms with Crippen LogP contribution in [0, 0.1) is 11.3 Å². The fourth-order valence-electron chi connectivity index (χ4n) is 7.37. The number of rotatable bonds is 16. The third-order valence-corrected chi connectivity index (χ3v) is 9.88. The molecule has 262 valence electrons. The highest BCUT2D eigenvalue weighted by Crippen LogP contribution is 2.49. The predicted octanol–water partition coefficient (Wildman–Crippen LogP) is 5.72. The van der Waals surface area contributed by atoms with Gasteiger partial charge in [0.05, 0.1) is 18.2 Å². The molecule has 0 amide bonds. The van der Waals surface area contributed by atoms with E-state index in [0.29, 0.717) is 62.3 Å².